The number of anilines is 1. The molecule has 0 atom stereocenters. The van der Waals surface area contributed by atoms with Crippen molar-refractivity contribution in [1.82, 2.24) is 4.72 Å². The Morgan fingerprint density at radius 1 is 0.897 bits per heavy atom. The summed E-state index contributed by atoms with van der Waals surface area (Å²) in [7, 11) is -3.62. The third kappa shape index (κ3) is 5.07. The fourth-order valence-corrected chi connectivity index (χ4v) is 4.05. The van der Waals surface area contributed by atoms with Crippen molar-refractivity contribution in [2.24, 2.45) is 0 Å². The predicted molar refractivity (Wildman–Crippen MR) is 112 cm³/mol. The van der Waals surface area contributed by atoms with Crippen LogP contribution in [-0.2, 0) is 10.0 Å². The van der Waals surface area contributed by atoms with E-state index in [9.17, 15) is 17.6 Å². The number of hydrogen-bond donors (Lipinski definition) is 2. The highest BCUT2D eigenvalue weighted by Gasteiger charge is 2.16. The highest BCUT2D eigenvalue weighted by atomic mass is 32.2. The van der Waals surface area contributed by atoms with Crippen LogP contribution in [0.4, 0.5) is 10.1 Å². The Hall–Kier alpha value is -3.03. The Kier molecular flexibility index (Phi) is 6.10. The van der Waals surface area contributed by atoms with Crippen LogP contribution in [0, 0.1) is 5.82 Å². The number of halogens is 1. The summed E-state index contributed by atoms with van der Waals surface area (Å²) >= 11 is 0. The lowest BCUT2D eigenvalue weighted by atomic mass is 10.0. The highest BCUT2D eigenvalue weighted by Crippen LogP contribution is 2.22. The summed E-state index contributed by atoms with van der Waals surface area (Å²) in [5.41, 5.74) is 1.80. The molecule has 0 aromatic heterocycles. The quantitative estimate of drug-likeness (QED) is 0.629. The van der Waals surface area contributed by atoms with E-state index in [4.69, 9.17) is 0 Å². The topological polar surface area (TPSA) is 75.3 Å². The van der Waals surface area contributed by atoms with Crippen LogP contribution in [0.2, 0.25) is 0 Å². The van der Waals surface area contributed by atoms with Gasteiger partial charge in [-0.3, -0.25) is 4.79 Å². The van der Waals surface area contributed by atoms with Gasteiger partial charge in [0, 0.05) is 11.7 Å². The van der Waals surface area contributed by atoms with E-state index in [2.05, 4.69) is 10.0 Å². The highest BCUT2D eigenvalue weighted by molar-refractivity contribution is 7.89. The van der Waals surface area contributed by atoms with E-state index in [1.165, 1.54) is 36.4 Å². The average molecular weight is 412 g/mol. The molecule has 0 unspecified atom stereocenters. The number of rotatable bonds is 6. The van der Waals surface area contributed by atoms with E-state index in [1.807, 2.05) is 30.3 Å². The number of hydrogen-bond acceptors (Lipinski definition) is 3. The van der Waals surface area contributed by atoms with E-state index >= 15 is 0 Å². The molecule has 7 heteroatoms. The zero-order valence-corrected chi connectivity index (χ0v) is 16.8. The summed E-state index contributed by atoms with van der Waals surface area (Å²) in [6, 6.07) is 19.2. The maximum absolute atomic E-state index is 14.5. The summed E-state index contributed by atoms with van der Waals surface area (Å²) in [5, 5.41) is 2.58. The van der Waals surface area contributed by atoms with Crippen molar-refractivity contribution in [3.8, 4) is 11.1 Å². The van der Waals surface area contributed by atoms with Gasteiger partial charge in [-0.1, -0.05) is 36.4 Å². The summed E-state index contributed by atoms with van der Waals surface area (Å²) in [6.07, 6.45) is 0. The van der Waals surface area contributed by atoms with E-state index in [0.29, 0.717) is 11.3 Å². The Morgan fingerprint density at radius 2 is 1.55 bits per heavy atom. The molecule has 0 spiro atoms. The number of carbonyl (C=O) groups excluding carboxylic acids is 1. The van der Waals surface area contributed by atoms with Crippen molar-refractivity contribution in [2.45, 2.75) is 24.8 Å². The van der Waals surface area contributed by atoms with Crippen LogP contribution in [0.5, 0.6) is 0 Å². The molecule has 29 heavy (non-hydrogen) atoms. The minimum Gasteiger partial charge on any atom is -0.322 e. The van der Waals surface area contributed by atoms with Gasteiger partial charge >= 0.3 is 0 Å². The standard InChI is InChI=1S/C22H21FN2O3S/c1-15(2)25-29(27,28)19-11-9-18(10-12-19)24-22(26)20-13-8-17(14-21(20)23)16-6-4-3-5-7-16/h3-15,25H,1-2H3,(H,24,26). The van der Waals surface area contributed by atoms with Crippen LogP contribution in [0.25, 0.3) is 11.1 Å². The summed E-state index contributed by atoms with van der Waals surface area (Å²) in [4.78, 5) is 12.5. The van der Waals surface area contributed by atoms with Gasteiger partial charge in [0.2, 0.25) is 10.0 Å². The van der Waals surface area contributed by atoms with E-state index in [0.717, 1.165) is 5.56 Å². The first-order valence-corrected chi connectivity index (χ1v) is 10.5. The van der Waals surface area contributed by atoms with Crippen molar-refractivity contribution in [1.29, 1.82) is 0 Å². The van der Waals surface area contributed by atoms with Gasteiger partial charge in [0.15, 0.2) is 0 Å². The first-order valence-electron chi connectivity index (χ1n) is 9.05. The molecule has 0 bridgehead atoms. The van der Waals surface area contributed by atoms with E-state index < -0.39 is 21.7 Å². The molecule has 0 saturated heterocycles. The molecule has 2 N–H and O–H groups in total. The lowest BCUT2D eigenvalue weighted by Gasteiger charge is -2.11. The first kappa shape index (κ1) is 20.7. The van der Waals surface area contributed by atoms with E-state index in [1.54, 1.807) is 19.9 Å². The number of benzene rings is 3. The molecule has 0 aliphatic carbocycles. The molecule has 0 heterocycles. The zero-order chi connectivity index (χ0) is 21.0. The molecule has 3 aromatic rings. The van der Waals surface area contributed by atoms with Crippen molar-refractivity contribution < 1.29 is 17.6 Å². The maximum Gasteiger partial charge on any atom is 0.258 e. The van der Waals surface area contributed by atoms with Crippen LogP contribution in [0.1, 0.15) is 24.2 Å². The largest absolute Gasteiger partial charge is 0.322 e. The minimum absolute atomic E-state index is 0.0857. The Balaban J connectivity index is 1.75. The Bertz CT molecular complexity index is 1110. The molecular weight excluding hydrogens is 391 g/mol. The molecule has 0 aliphatic heterocycles. The van der Waals surface area contributed by atoms with Gasteiger partial charge in [0.25, 0.3) is 5.91 Å². The van der Waals surface area contributed by atoms with Gasteiger partial charge in [0.1, 0.15) is 5.82 Å². The third-order valence-electron chi connectivity index (χ3n) is 4.13. The van der Waals surface area contributed by atoms with Crippen LogP contribution in [-0.4, -0.2) is 20.4 Å². The molecule has 0 fully saturated rings. The van der Waals surface area contributed by atoms with Gasteiger partial charge < -0.3 is 5.32 Å². The number of sulfonamides is 1. The van der Waals surface area contributed by atoms with E-state index in [-0.39, 0.29) is 16.5 Å². The second-order valence-electron chi connectivity index (χ2n) is 6.82. The first-order chi connectivity index (χ1) is 13.8. The van der Waals surface area contributed by atoms with Crippen molar-refractivity contribution in [3.63, 3.8) is 0 Å². The normalized spacial score (nSPS) is 11.4. The predicted octanol–water partition coefficient (Wildman–Crippen LogP) is 4.43. The second-order valence-corrected chi connectivity index (χ2v) is 8.53. The number of nitrogens with one attached hydrogen (secondary N) is 2. The molecule has 3 rings (SSSR count). The number of carbonyl (C=O) groups is 1. The van der Waals surface area contributed by atoms with Gasteiger partial charge in [-0.25, -0.2) is 17.5 Å². The smallest absolute Gasteiger partial charge is 0.258 e. The molecule has 0 radical (unpaired) electrons. The van der Waals surface area contributed by atoms with Gasteiger partial charge in [0.05, 0.1) is 10.5 Å². The summed E-state index contributed by atoms with van der Waals surface area (Å²) in [6.45, 7) is 3.45. The van der Waals surface area contributed by atoms with Crippen molar-refractivity contribution >= 4 is 21.6 Å². The maximum atomic E-state index is 14.5. The Morgan fingerprint density at radius 3 is 2.14 bits per heavy atom. The summed E-state index contributed by atoms with van der Waals surface area (Å²) < 4.78 is 41.3. The third-order valence-corrected chi connectivity index (χ3v) is 5.81. The summed E-state index contributed by atoms with van der Waals surface area (Å²) in [5.74, 6) is -1.25. The van der Waals surface area contributed by atoms with Crippen LogP contribution in [0.3, 0.4) is 0 Å². The molecule has 0 aliphatic rings. The Labute approximate surface area is 169 Å². The minimum atomic E-state index is -3.62. The van der Waals surface area contributed by atoms with Crippen LogP contribution < -0.4 is 10.0 Å². The van der Waals surface area contributed by atoms with Gasteiger partial charge in [-0.2, -0.15) is 0 Å². The molecule has 3 aromatic carbocycles. The molecule has 0 saturated carbocycles. The molecule has 150 valence electrons. The van der Waals surface area contributed by atoms with Gasteiger partial charge in [-0.15, -0.1) is 0 Å². The molecule has 5 nitrogen and oxygen atoms in total. The fourth-order valence-electron chi connectivity index (χ4n) is 2.80. The van der Waals surface area contributed by atoms with Gasteiger partial charge in [-0.05, 0) is 61.4 Å². The average Bonchev–Trinajstić information content (AvgIpc) is 2.68. The lowest BCUT2D eigenvalue weighted by molar-refractivity contribution is 0.102. The molecular formula is C22H21FN2O3S. The lowest BCUT2D eigenvalue weighted by Crippen LogP contribution is -2.30. The van der Waals surface area contributed by atoms with Crippen molar-refractivity contribution in [2.75, 3.05) is 5.32 Å². The monoisotopic (exact) mass is 412 g/mol. The van der Waals surface area contributed by atoms with Crippen LogP contribution in [0.15, 0.2) is 77.7 Å². The zero-order valence-electron chi connectivity index (χ0n) is 16.0. The van der Waals surface area contributed by atoms with Crippen LogP contribution >= 0.6 is 0 Å². The van der Waals surface area contributed by atoms with Crippen molar-refractivity contribution in [3.05, 3.63) is 84.2 Å². The fraction of sp³-hybridized carbons (Fsp3) is 0.136. The number of amides is 1. The molecule has 1 amide bonds. The second kappa shape index (κ2) is 8.55. The SMILES string of the molecule is CC(C)NS(=O)(=O)c1ccc(NC(=O)c2ccc(-c3ccccc3)cc2F)cc1.